The van der Waals surface area contributed by atoms with Gasteiger partial charge in [-0.1, -0.05) is 24.3 Å². The number of pyridine rings is 1. The maximum atomic E-state index is 12.9. The number of aromatic amines is 1. The molecule has 0 radical (unpaired) electrons. The van der Waals surface area contributed by atoms with E-state index in [0.29, 0.717) is 27.9 Å². The summed E-state index contributed by atoms with van der Waals surface area (Å²) in [6.07, 6.45) is 0. The highest BCUT2D eigenvalue weighted by Gasteiger charge is 2.11. The third-order valence-corrected chi connectivity index (χ3v) is 5.55. The minimum atomic E-state index is -0.402. The monoisotopic (exact) mass is 496 g/mol. The summed E-state index contributed by atoms with van der Waals surface area (Å²) >= 11 is 0. The molecule has 0 saturated heterocycles. The smallest absolute Gasteiger partial charge is 0.255 e. The molecule has 2 N–H and O–H groups in total. The van der Waals surface area contributed by atoms with E-state index in [1.54, 1.807) is 42.5 Å². The number of nitrogens with one attached hydrogen (secondary N) is 2. The fourth-order valence-electron chi connectivity index (χ4n) is 3.68. The highest BCUT2D eigenvalue weighted by atomic mass is 19.1. The zero-order chi connectivity index (χ0) is 26.4. The summed E-state index contributed by atoms with van der Waals surface area (Å²) in [5.74, 6) is -1.20. The van der Waals surface area contributed by atoms with Crippen LogP contribution in [-0.2, 0) is 0 Å². The lowest BCUT2D eigenvalue weighted by atomic mass is 10.1. The van der Waals surface area contributed by atoms with E-state index in [9.17, 15) is 23.2 Å². The molecule has 184 valence electrons. The zero-order valence-corrected chi connectivity index (χ0v) is 19.8. The lowest BCUT2D eigenvalue weighted by Gasteiger charge is -2.08. The average Bonchev–Trinajstić information content (AvgIpc) is 2.90. The highest BCUT2D eigenvalue weighted by molar-refractivity contribution is 6.08. The summed E-state index contributed by atoms with van der Waals surface area (Å²) < 4.78 is 25.6. The van der Waals surface area contributed by atoms with E-state index in [0.717, 1.165) is 11.1 Å². The molecule has 5 rings (SSSR count). The first-order valence-corrected chi connectivity index (χ1v) is 11.4. The number of hydrogen-bond acceptors (Lipinski definition) is 3. The molecule has 7 heteroatoms. The van der Waals surface area contributed by atoms with Crippen LogP contribution >= 0.6 is 0 Å². The third kappa shape index (κ3) is 6.21. The molecule has 5 nitrogen and oxygen atoms in total. The topological polar surface area (TPSA) is 79.0 Å². The lowest BCUT2D eigenvalue weighted by molar-refractivity contribution is 0.101. The Hall–Kier alpha value is -4.91. The number of rotatable bonds is 4. The number of ketones is 1. The second-order valence-corrected chi connectivity index (χ2v) is 8.16. The van der Waals surface area contributed by atoms with Gasteiger partial charge in [-0.05, 0) is 85.3 Å². The Balaban J connectivity index is 0.000000173. The Labute approximate surface area is 211 Å². The third-order valence-electron chi connectivity index (χ3n) is 5.55. The highest BCUT2D eigenvalue weighted by Crippen LogP contribution is 2.19. The van der Waals surface area contributed by atoms with Crippen LogP contribution in [0.4, 0.5) is 14.5 Å². The second-order valence-electron chi connectivity index (χ2n) is 8.16. The maximum Gasteiger partial charge on any atom is 0.255 e. The number of carbonyl (C=O) groups excluding carboxylic acids is 2. The van der Waals surface area contributed by atoms with Crippen LogP contribution in [0.2, 0.25) is 0 Å². The Bertz CT molecular complexity index is 1630. The van der Waals surface area contributed by atoms with Gasteiger partial charge < -0.3 is 10.3 Å². The summed E-state index contributed by atoms with van der Waals surface area (Å²) in [7, 11) is 0. The molecule has 0 saturated carbocycles. The number of carbonyl (C=O) groups is 2. The van der Waals surface area contributed by atoms with Crippen molar-refractivity contribution in [2.24, 2.45) is 0 Å². The SMILES string of the molecule is CC(=O)c1ccccc1NC(=O)c1ccc(F)cc1.O=c1cc(-c2ccc(F)cc2)[nH]c2ccccc12. The van der Waals surface area contributed by atoms with Gasteiger partial charge >= 0.3 is 0 Å². The normalized spacial score (nSPS) is 10.4. The van der Waals surface area contributed by atoms with Crippen LogP contribution in [-0.4, -0.2) is 16.7 Å². The van der Waals surface area contributed by atoms with Crippen molar-refractivity contribution in [1.82, 2.24) is 4.98 Å². The predicted molar refractivity (Wildman–Crippen MR) is 141 cm³/mol. The fourth-order valence-corrected chi connectivity index (χ4v) is 3.68. The van der Waals surface area contributed by atoms with Crippen molar-refractivity contribution >= 4 is 28.3 Å². The van der Waals surface area contributed by atoms with Crippen molar-refractivity contribution in [3.05, 3.63) is 136 Å². The first-order chi connectivity index (χ1) is 17.8. The second kappa shape index (κ2) is 11.2. The average molecular weight is 497 g/mol. The number of H-pyrrole nitrogens is 1. The summed E-state index contributed by atoms with van der Waals surface area (Å²) in [5.41, 5.74) is 3.45. The number of fused-ring (bicyclic) bond motifs is 1. The number of halogens is 2. The molecular weight excluding hydrogens is 474 g/mol. The van der Waals surface area contributed by atoms with Gasteiger partial charge in [0.1, 0.15) is 11.6 Å². The van der Waals surface area contributed by atoms with E-state index in [-0.39, 0.29) is 22.9 Å². The number of aromatic nitrogens is 1. The van der Waals surface area contributed by atoms with Gasteiger partial charge in [0, 0.05) is 33.8 Å². The molecule has 0 spiro atoms. The molecule has 0 bridgehead atoms. The minimum absolute atomic E-state index is 0.0383. The standard InChI is InChI=1S/C15H12FNO2.C15H10FNO/c1-10(18)13-4-2-3-5-14(13)17-15(19)11-6-8-12(16)9-7-11;16-11-7-5-10(6-8-11)14-9-15(18)12-3-1-2-4-13(12)17-14/h2-9H,1H3,(H,17,19);1-9H,(H,17,18). The molecular formula is C30H22F2N2O3. The van der Waals surface area contributed by atoms with Gasteiger partial charge in [0.25, 0.3) is 5.91 Å². The van der Waals surface area contributed by atoms with Gasteiger partial charge in [-0.15, -0.1) is 0 Å². The molecule has 1 heterocycles. The minimum Gasteiger partial charge on any atom is -0.354 e. The van der Waals surface area contributed by atoms with Gasteiger partial charge in [0.2, 0.25) is 0 Å². The van der Waals surface area contributed by atoms with E-state index < -0.39 is 5.82 Å². The van der Waals surface area contributed by atoms with E-state index >= 15 is 0 Å². The molecule has 0 aliphatic carbocycles. The Kier molecular flexibility index (Phi) is 7.64. The molecule has 0 aliphatic heterocycles. The quantitative estimate of drug-likeness (QED) is 0.275. The van der Waals surface area contributed by atoms with Crippen LogP contribution in [0.1, 0.15) is 27.6 Å². The Morgan fingerprint density at radius 2 is 1.35 bits per heavy atom. The van der Waals surface area contributed by atoms with Crippen LogP contribution in [0.3, 0.4) is 0 Å². The van der Waals surface area contributed by atoms with E-state index in [4.69, 9.17) is 0 Å². The van der Waals surface area contributed by atoms with Crippen molar-refractivity contribution < 1.29 is 18.4 Å². The summed E-state index contributed by atoms with van der Waals surface area (Å²) in [6.45, 7) is 1.43. The molecule has 1 amide bonds. The summed E-state index contributed by atoms with van der Waals surface area (Å²) in [6, 6.07) is 26.9. The summed E-state index contributed by atoms with van der Waals surface area (Å²) in [5, 5.41) is 3.30. The molecule has 4 aromatic carbocycles. The van der Waals surface area contributed by atoms with Crippen molar-refractivity contribution in [3.8, 4) is 11.3 Å². The lowest BCUT2D eigenvalue weighted by Crippen LogP contribution is -2.14. The molecule has 0 atom stereocenters. The Morgan fingerprint density at radius 1 is 0.757 bits per heavy atom. The fraction of sp³-hybridized carbons (Fsp3) is 0.0333. The van der Waals surface area contributed by atoms with Gasteiger partial charge in [0.15, 0.2) is 11.2 Å². The molecule has 37 heavy (non-hydrogen) atoms. The van der Waals surface area contributed by atoms with Gasteiger partial charge in [-0.3, -0.25) is 14.4 Å². The van der Waals surface area contributed by atoms with Crippen molar-refractivity contribution in [2.45, 2.75) is 6.92 Å². The Morgan fingerprint density at radius 3 is 2.03 bits per heavy atom. The number of benzene rings is 4. The van der Waals surface area contributed by atoms with Crippen molar-refractivity contribution in [3.63, 3.8) is 0 Å². The number of hydrogen-bond donors (Lipinski definition) is 2. The van der Waals surface area contributed by atoms with E-state index in [1.807, 2.05) is 18.2 Å². The number of Topliss-reactive ketones (excluding diaryl/α,β-unsaturated/α-hetero) is 1. The first-order valence-electron chi connectivity index (χ1n) is 11.4. The van der Waals surface area contributed by atoms with Crippen molar-refractivity contribution in [1.29, 1.82) is 0 Å². The largest absolute Gasteiger partial charge is 0.354 e. The van der Waals surface area contributed by atoms with Crippen LogP contribution in [0, 0.1) is 11.6 Å². The van der Waals surface area contributed by atoms with E-state index in [1.165, 1.54) is 49.4 Å². The number of anilines is 1. The van der Waals surface area contributed by atoms with Crippen LogP contribution < -0.4 is 10.7 Å². The molecule has 1 aromatic heterocycles. The molecule has 0 unspecified atom stereocenters. The van der Waals surface area contributed by atoms with Crippen LogP contribution in [0.15, 0.2) is 108 Å². The molecule has 0 fully saturated rings. The van der Waals surface area contributed by atoms with Crippen LogP contribution in [0.25, 0.3) is 22.2 Å². The molecule has 0 aliphatic rings. The molecule has 5 aromatic rings. The van der Waals surface area contributed by atoms with Crippen molar-refractivity contribution in [2.75, 3.05) is 5.32 Å². The number of para-hydroxylation sites is 2. The van der Waals surface area contributed by atoms with Gasteiger partial charge in [-0.25, -0.2) is 8.78 Å². The maximum absolute atomic E-state index is 12.9. The predicted octanol–water partition coefficient (Wildman–Crippen LogP) is 6.61. The summed E-state index contributed by atoms with van der Waals surface area (Å²) in [4.78, 5) is 38.5. The number of amides is 1. The van der Waals surface area contributed by atoms with E-state index in [2.05, 4.69) is 10.3 Å². The van der Waals surface area contributed by atoms with Gasteiger partial charge in [-0.2, -0.15) is 0 Å². The van der Waals surface area contributed by atoms with Crippen LogP contribution in [0.5, 0.6) is 0 Å². The van der Waals surface area contributed by atoms with Gasteiger partial charge in [0.05, 0.1) is 5.69 Å². The first kappa shape index (κ1) is 25.2. The zero-order valence-electron chi connectivity index (χ0n) is 19.8.